The molecule has 0 aliphatic carbocycles. The van der Waals surface area contributed by atoms with Crippen molar-refractivity contribution >= 4 is 28.7 Å². The lowest BCUT2D eigenvalue weighted by atomic mass is 10.1. The predicted octanol–water partition coefficient (Wildman–Crippen LogP) is 4.08. The maximum Gasteiger partial charge on any atom is 0.264 e. The number of piperidine rings is 1. The summed E-state index contributed by atoms with van der Waals surface area (Å²) in [6, 6.07) is 12.5. The molecule has 0 saturated carbocycles. The number of hydrogen-bond acceptors (Lipinski definition) is 4. The van der Waals surface area contributed by atoms with Gasteiger partial charge in [-0.05, 0) is 62.1 Å². The number of rotatable bonds is 3. The fourth-order valence-corrected chi connectivity index (χ4v) is 3.65. The first-order chi connectivity index (χ1) is 12.6. The van der Waals surface area contributed by atoms with Gasteiger partial charge in [-0.2, -0.15) is 0 Å². The number of likely N-dealkylation sites (N-methyl/N-ethyl adjacent to an activating group) is 1. The van der Waals surface area contributed by atoms with Crippen LogP contribution in [-0.2, 0) is 4.79 Å². The van der Waals surface area contributed by atoms with Crippen LogP contribution in [0.15, 0.2) is 36.4 Å². The molecule has 0 spiro atoms. The van der Waals surface area contributed by atoms with Crippen LogP contribution >= 0.6 is 0 Å². The lowest BCUT2D eigenvalue weighted by Gasteiger charge is -2.29. The van der Waals surface area contributed by atoms with E-state index in [-0.39, 0.29) is 12.5 Å². The quantitative estimate of drug-likeness (QED) is 0.905. The van der Waals surface area contributed by atoms with Crippen molar-refractivity contribution < 1.29 is 9.53 Å². The van der Waals surface area contributed by atoms with E-state index < -0.39 is 0 Å². The highest BCUT2D eigenvalue weighted by atomic mass is 16.5. The van der Waals surface area contributed by atoms with Crippen molar-refractivity contribution in [2.45, 2.75) is 26.2 Å². The largest absolute Gasteiger partial charge is 0.481 e. The van der Waals surface area contributed by atoms with Crippen LogP contribution < -0.4 is 19.9 Å². The first-order valence-electron chi connectivity index (χ1n) is 9.28. The highest BCUT2D eigenvalue weighted by Gasteiger charge is 2.22. The molecule has 4 rings (SSSR count). The molecule has 0 bridgehead atoms. The van der Waals surface area contributed by atoms with Gasteiger partial charge in [0.25, 0.3) is 5.91 Å². The second-order valence-corrected chi connectivity index (χ2v) is 7.10. The lowest BCUT2D eigenvalue weighted by Crippen LogP contribution is -2.35. The molecule has 2 aromatic rings. The van der Waals surface area contributed by atoms with Gasteiger partial charge in [0.1, 0.15) is 5.75 Å². The first-order valence-corrected chi connectivity index (χ1v) is 9.28. The van der Waals surface area contributed by atoms with Crippen LogP contribution in [-0.4, -0.2) is 32.7 Å². The molecule has 1 amide bonds. The third-order valence-electron chi connectivity index (χ3n) is 5.26. The Bertz CT molecular complexity index is 828. The van der Waals surface area contributed by atoms with Gasteiger partial charge in [0.2, 0.25) is 0 Å². The number of ether oxygens (including phenoxy) is 1. The standard InChI is InChI=1S/C21H25N3O2/c1-15-12-17(24-10-4-3-5-11-24)7-8-18(15)22-16-6-9-19-20(13-16)26-14-21(25)23(19)2/h6-9,12-13,22H,3-5,10-11,14H2,1-2H3. The van der Waals surface area contributed by atoms with E-state index in [1.807, 2.05) is 18.2 Å². The zero-order valence-corrected chi connectivity index (χ0v) is 15.4. The van der Waals surface area contributed by atoms with Gasteiger partial charge < -0.3 is 19.9 Å². The van der Waals surface area contributed by atoms with E-state index in [4.69, 9.17) is 4.74 Å². The second-order valence-electron chi connectivity index (χ2n) is 7.10. The van der Waals surface area contributed by atoms with Gasteiger partial charge in [-0.1, -0.05) is 0 Å². The molecular formula is C21H25N3O2. The summed E-state index contributed by atoms with van der Waals surface area (Å²) in [5.74, 6) is 0.710. The zero-order chi connectivity index (χ0) is 18.1. The van der Waals surface area contributed by atoms with Crippen LogP contribution in [0.2, 0.25) is 0 Å². The molecule has 0 unspecified atom stereocenters. The SMILES string of the molecule is Cc1cc(N2CCCCC2)ccc1Nc1ccc2c(c1)OCC(=O)N2C. The Labute approximate surface area is 154 Å². The Kier molecular flexibility index (Phi) is 4.45. The molecule has 0 radical (unpaired) electrons. The summed E-state index contributed by atoms with van der Waals surface area (Å²) in [7, 11) is 1.78. The van der Waals surface area contributed by atoms with Gasteiger partial charge in [0.15, 0.2) is 6.61 Å². The number of fused-ring (bicyclic) bond motifs is 1. The monoisotopic (exact) mass is 351 g/mol. The van der Waals surface area contributed by atoms with Crippen molar-refractivity contribution in [2.75, 3.05) is 41.9 Å². The number of anilines is 4. The van der Waals surface area contributed by atoms with Crippen molar-refractivity contribution in [3.05, 3.63) is 42.0 Å². The Morgan fingerprint density at radius 1 is 1.04 bits per heavy atom. The number of aryl methyl sites for hydroxylation is 1. The van der Waals surface area contributed by atoms with Crippen molar-refractivity contribution in [2.24, 2.45) is 0 Å². The maximum atomic E-state index is 11.7. The average Bonchev–Trinajstić information content (AvgIpc) is 2.67. The molecule has 5 heteroatoms. The lowest BCUT2D eigenvalue weighted by molar-refractivity contribution is -0.120. The summed E-state index contributed by atoms with van der Waals surface area (Å²) in [6.45, 7) is 4.54. The molecule has 1 fully saturated rings. The normalized spacial score (nSPS) is 16.9. The third kappa shape index (κ3) is 3.21. The van der Waals surface area contributed by atoms with Crippen LogP contribution in [0.25, 0.3) is 0 Å². The van der Waals surface area contributed by atoms with Crippen LogP contribution in [0.5, 0.6) is 5.75 Å². The molecule has 2 heterocycles. The molecule has 2 aliphatic rings. The van der Waals surface area contributed by atoms with Gasteiger partial charge in [-0.15, -0.1) is 0 Å². The Morgan fingerprint density at radius 3 is 2.62 bits per heavy atom. The molecule has 2 aliphatic heterocycles. The van der Waals surface area contributed by atoms with Gasteiger partial charge in [-0.3, -0.25) is 4.79 Å². The number of amides is 1. The van der Waals surface area contributed by atoms with E-state index in [9.17, 15) is 4.79 Å². The van der Waals surface area contributed by atoms with Crippen molar-refractivity contribution in [1.29, 1.82) is 0 Å². The molecule has 136 valence electrons. The van der Waals surface area contributed by atoms with Gasteiger partial charge in [0, 0.05) is 43.3 Å². The van der Waals surface area contributed by atoms with E-state index in [1.165, 1.54) is 30.5 Å². The highest BCUT2D eigenvalue weighted by Crippen LogP contribution is 2.35. The number of hydrogen-bond donors (Lipinski definition) is 1. The van der Waals surface area contributed by atoms with Crippen LogP contribution in [0, 0.1) is 6.92 Å². The van der Waals surface area contributed by atoms with E-state index in [2.05, 4.69) is 35.3 Å². The van der Waals surface area contributed by atoms with Crippen LogP contribution in [0.1, 0.15) is 24.8 Å². The molecule has 2 aromatic carbocycles. The number of benzene rings is 2. The van der Waals surface area contributed by atoms with Crippen LogP contribution in [0.4, 0.5) is 22.7 Å². The minimum Gasteiger partial charge on any atom is -0.481 e. The molecular weight excluding hydrogens is 326 g/mol. The number of nitrogens with zero attached hydrogens (tertiary/aromatic N) is 2. The zero-order valence-electron chi connectivity index (χ0n) is 15.4. The molecule has 1 N–H and O–H groups in total. The summed E-state index contributed by atoms with van der Waals surface area (Å²) in [5, 5.41) is 3.48. The number of nitrogens with one attached hydrogen (secondary N) is 1. The molecule has 0 atom stereocenters. The molecule has 0 aromatic heterocycles. The van der Waals surface area contributed by atoms with E-state index in [0.29, 0.717) is 0 Å². The van der Waals surface area contributed by atoms with Crippen molar-refractivity contribution in [3.8, 4) is 5.75 Å². The fraction of sp³-hybridized carbons (Fsp3) is 0.381. The second kappa shape index (κ2) is 6.90. The Hall–Kier alpha value is -2.69. The smallest absolute Gasteiger partial charge is 0.264 e. The van der Waals surface area contributed by atoms with Crippen LogP contribution in [0.3, 0.4) is 0 Å². The minimum atomic E-state index is -0.0256. The number of carbonyl (C=O) groups excluding carboxylic acids is 1. The van der Waals surface area contributed by atoms with E-state index >= 15 is 0 Å². The first kappa shape index (κ1) is 16.8. The summed E-state index contributed by atoms with van der Waals surface area (Å²) in [6.07, 6.45) is 3.91. The Balaban J connectivity index is 1.53. The minimum absolute atomic E-state index is 0.0256. The van der Waals surface area contributed by atoms with E-state index in [0.717, 1.165) is 35.9 Å². The summed E-state index contributed by atoms with van der Waals surface area (Å²) < 4.78 is 5.58. The van der Waals surface area contributed by atoms with Gasteiger partial charge in [-0.25, -0.2) is 0 Å². The molecule has 26 heavy (non-hydrogen) atoms. The average molecular weight is 351 g/mol. The number of carbonyl (C=O) groups is 1. The predicted molar refractivity (Wildman–Crippen MR) is 106 cm³/mol. The maximum absolute atomic E-state index is 11.7. The van der Waals surface area contributed by atoms with Gasteiger partial charge in [0.05, 0.1) is 5.69 Å². The van der Waals surface area contributed by atoms with Gasteiger partial charge >= 0.3 is 0 Å². The Morgan fingerprint density at radius 2 is 1.85 bits per heavy atom. The van der Waals surface area contributed by atoms with E-state index in [1.54, 1.807) is 11.9 Å². The van der Waals surface area contributed by atoms with Crippen molar-refractivity contribution in [1.82, 2.24) is 0 Å². The fourth-order valence-electron chi connectivity index (χ4n) is 3.65. The van der Waals surface area contributed by atoms with Crippen molar-refractivity contribution in [3.63, 3.8) is 0 Å². The summed E-state index contributed by atoms with van der Waals surface area (Å²) in [4.78, 5) is 15.8. The topological polar surface area (TPSA) is 44.8 Å². The third-order valence-corrected chi connectivity index (χ3v) is 5.26. The molecule has 1 saturated heterocycles. The summed E-state index contributed by atoms with van der Waals surface area (Å²) in [5.41, 5.74) is 5.39. The summed E-state index contributed by atoms with van der Waals surface area (Å²) >= 11 is 0. The molecule has 5 nitrogen and oxygen atoms in total. The highest BCUT2D eigenvalue weighted by molar-refractivity contribution is 5.97.